The summed E-state index contributed by atoms with van der Waals surface area (Å²) in [5.41, 5.74) is 3.54. The molecule has 4 nitrogen and oxygen atoms in total. The summed E-state index contributed by atoms with van der Waals surface area (Å²) in [7, 11) is 1.78. The number of hydrogen-bond acceptors (Lipinski definition) is 4. The van der Waals surface area contributed by atoms with Gasteiger partial charge in [-0.3, -0.25) is 4.79 Å². The van der Waals surface area contributed by atoms with E-state index in [1.54, 1.807) is 14.0 Å². The quantitative estimate of drug-likeness (QED) is 0.358. The van der Waals surface area contributed by atoms with Crippen LogP contribution in [0.4, 0.5) is 0 Å². The molecule has 4 aliphatic rings. The summed E-state index contributed by atoms with van der Waals surface area (Å²) in [4.78, 5) is 12.0. The van der Waals surface area contributed by atoms with E-state index in [1.165, 1.54) is 31.3 Å². The molecule has 36 heavy (non-hydrogen) atoms. The van der Waals surface area contributed by atoms with Gasteiger partial charge in [-0.05, 0) is 105 Å². The lowest BCUT2D eigenvalue weighted by Crippen LogP contribution is -2.35. The van der Waals surface area contributed by atoms with Gasteiger partial charge in [0.15, 0.2) is 0 Å². The lowest BCUT2D eigenvalue weighted by Gasteiger charge is -2.44. The van der Waals surface area contributed by atoms with Crippen LogP contribution in [0.15, 0.2) is 47.6 Å². The molecule has 0 aromatic rings. The second-order valence-electron chi connectivity index (χ2n) is 12.6. The minimum Gasteiger partial charge on any atom is -0.393 e. The highest BCUT2D eigenvalue weighted by molar-refractivity contribution is 5.84. The van der Waals surface area contributed by atoms with Gasteiger partial charge in [-0.2, -0.15) is 0 Å². The molecule has 0 heterocycles. The Morgan fingerprint density at radius 3 is 2.61 bits per heavy atom. The minimum atomic E-state index is -0.633. The molecule has 2 N–H and O–H groups in total. The number of ether oxygens (including phenoxy) is 1. The number of hydrogen-bond donors (Lipinski definition) is 2. The monoisotopic (exact) mass is 496 g/mol. The lowest BCUT2D eigenvalue weighted by molar-refractivity contribution is -0.122. The summed E-state index contributed by atoms with van der Waals surface area (Å²) in [5.74, 6) is 2.07. The second-order valence-corrected chi connectivity index (χ2v) is 12.6. The van der Waals surface area contributed by atoms with Crippen molar-refractivity contribution in [1.82, 2.24) is 0 Å². The number of methoxy groups -OCH3 is 1. The smallest absolute Gasteiger partial charge is 0.135 e. The topological polar surface area (TPSA) is 66.8 Å². The fourth-order valence-electron chi connectivity index (χ4n) is 7.68. The van der Waals surface area contributed by atoms with Crippen LogP contribution in [0.3, 0.4) is 0 Å². The van der Waals surface area contributed by atoms with Crippen molar-refractivity contribution in [2.24, 2.45) is 28.6 Å². The third-order valence-electron chi connectivity index (χ3n) is 10.4. The van der Waals surface area contributed by atoms with Crippen LogP contribution in [0.25, 0.3) is 0 Å². The molecule has 0 unspecified atom stereocenters. The van der Waals surface area contributed by atoms with Gasteiger partial charge < -0.3 is 14.9 Å². The van der Waals surface area contributed by atoms with E-state index < -0.39 is 12.2 Å². The Labute approximate surface area is 218 Å². The van der Waals surface area contributed by atoms with E-state index in [9.17, 15) is 15.0 Å². The number of fused-ring (bicyclic) bond motifs is 1. The number of ketones is 1. The summed E-state index contributed by atoms with van der Waals surface area (Å²) in [6.07, 6.45) is 19.0. The molecule has 0 aromatic heterocycles. The van der Waals surface area contributed by atoms with E-state index >= 15 is 0 Å². The Kier molecular flexibility index (Phi) is 8.49. The van der Waals surface area contributed by atoms with Gasteiger partial charge in [-0.25, -0.2) is 0 Å². The molecule has 4 heteroatoms. The van der Waals surface area contributed by atoms with Crippen molar-refractivity contribution in [1.29, 1.82) is 0 Å². The van der Waals surface area contributed by atoms with Crippen LogP contribution in [0, 0.1) is 28.6 Å². The summed E-state index contributed by atoms with van der Waals surface area (Å²) in [6.45, 7) is 10.7. The van der Waals surface area contributed by atoms with Crippen molar-refractivity contribution in [2.75, 3.05) is 7.11 Å². The number of rotatable bonds is 9. The van der Waals surface area contributed by atoms with Gasteiger partial charge in [0.2, 0.25) is 0 Å². The molecule has 0 radical (unpaired) electrons. The maximum atomic E-state index is 12.0. The number of carbonyl (C=O) groups is 1. The summed E-state index contributed by atoms with van der Waals surface area (Å²) >= 11 is 0. The van der Waals surface area contributed by atoms with Crippen molar-refractivity contribution in [2.45, 2.75) is 110 Å². The van der Waals surface area contributed by atoms with E-state index in [-0.39, 0.29) is 11.5 Å². The Morgan fingerprint density at radius 1 is 1.19 bits per heavy atom. The number of aliphatic hydroxyl groups excluding tert-OH is 2. The highest BCUT2D eigenvalue weighted by atomic mass is 16.5. The molecule has 4 fully saturated rings. The number of carbonyl (C=O) groups excluding carboxylic acids is 1. The average Bonchev–Trinajstić information content (AvgIpc) is 3.55. The van der Waals surface area contributed by atoms with Crippen molar-refractivity contribution >= 4 is 5.78 Å². The van der Waals surface area contributed by atoms with E-state index in [0.717, 1.165) is 43.3 Å². The first-order valence-electron chi connectivity index (χ1n) is 14.3. The average molecular weight is 497 g/mol. The Balaban J connectivity index is 1.41. The van der Waals surface area contributed by atoms with E-state index in [2.05, 4.69) is 44.7 Å². The zero-order chi connectivity index (χ0) is 26.1. The first kappa shape index (κ1) is 27.5. The summed E-state index contributed by atoms with van der Waals surface area (Å²) in [5, 5.41) is 20.3. The van der Waals surface area contributed by atoms with Gasteiger partial charge in [-0.15, -0.1) is 0 Å². The Hall–Kier alpha value is -1.49. The molecular weight excluding hydrogens is 448 g/mol. The van der Waals surface area contributed by atoms with E-state index in [4.69, 9.17) is 4.74 Å². The fourth-order valence-corrected chi connectivity index (χ4v) is 7.68. The third kappa shape index (κ3) is 5.66. The van der Waals surface area contributed by atoms with Crippen molar-refractivity contribution in [3.63, 3.8) is 0 Å². The zero-order valence-electron chi connectivity index (χ0n) is 23.0. The van der Waals surface area contributed by atoms with Crippen LogP contribution in [0.2, 0.25) is 0 Å². The Morgan fingerprint density at radius 2 is 1.94 bits per heavy atom. The third-order valence-corrected chi connectivity index (χ3v) is 10.4. The van der Waals surface area contributed by atoms with Gasteiger partial charge in [0, 0.05) is 18.9 Å². The lowest BCUT2D eigenvalue weighted by atomic mass is 9.61. The largest absolute Gasteiger partial charge is 0.393 e. The SMILES string of the molecule is C=C1/C(=C\C=C2/CCC[C@]3(C)[C@@H]([C@H](C)/C=C/[C@@H](CCC4(C(C)=O)CC4)OC)CC[C@@H]23)C[C@@H](O)C[C@@H]1O. The highest BCUT2D eigenvalue weighted by Crippen LogP contribution is 2.59. The van der Waals surface area contributed by atoms with Crippen LogP contribution in [-0.4, -0.2) is 41.4 Å². The van der Waals surface area contributed by atoms with Crippen molar-refractivity contribution in [3.05, 3.63) is 47.6 Å². The van der Waals surface area contributed by atoms with Crippen LogP contribution >= 0.6 is 0 Å². The highest BCUT2D eigenvalue weighted by Gasteiger charge is 2.50. The zero-order valence-corrected chi connectivity index (χ0v) is 23.0. The van der Waals surface area contributed by atoms with Crippen LogP contribution in [0.1, 0.15) is 91.4 Å². The van der Waals surface area contributed by atoms with Gasteiger partial charge in [0.1, 0.15) is 5.78 Å². The van der Waals surface area contributed by atoms with Gasteiger partial charge in [-0.1, -0.05) is 50.3 Å². The van der Waals surface area contributed by atoms with Crippen LogP contribution in [-0.2, 0) is 9.53 Å². The minimum absolute atomic E-state index is 0.0529. The number of Topliss-reactive ketones (excluding diaryl/α,β-unsaturated/α-hetero) is 1. The molecule has 0 amide bonds. The molecule has 4 aliphatic carbocycles. The van der Waals surface area contributed by atoms with Gasteiger partial charge >= 0.3 is 0 Å². The standard InChI is InChI=1S/C32H48O4/c1-21(8-11-27(36-5)14-16-32(17-18-32)23(3)33)28-12-13-29-24(7-6-15-31(28,29)4)9-10-25-19-26(34)20-30(35)22(25)2/h8-11,21,26-30,34-35H,2,6-7,12-20H2,1,3-5H3/b11-8+,24-9+,25-10-/t21-,26-,27+,28-,29+,30+,31-/m1/s1. The van der Waals surface area contributed by atoms with Crippen LogP contribution in [0.5, 0.6) is 0 Å². The second kappa shape index (κ2) is 11.1. The van der Waals surface area contributed by atoms with Gasteiger partial charge in [0.25, 0.3) is 0 Å². The molecule has 0 bridgehead atoms. The predicted octanol–water partition coefficient (Wildman–Crippen LogP) is 6.48. The van der Waals surface area contributed by atoms with E-state index in [0.29, 0.717) is 41.8 Å². The maximum absolute atomic E-state index is 12.0. The maximum Gasteiger partial charge on any atom is 0.135 e. The molecule has 0 saturated heterocycles. The normalized spacial score (nSPS) is 37.9. The predicted molar refractivity (Wildman–Crippen MR) is 145 cm³/mol. The first-order chi connectivity index (χ1) is 17.1. The molecule has 0 aliphatic heterocycles. The summed E-state index contributed by atoms with van der Waals surface area (Å²) < 4.78 is 5.77. The Bertz CT molecular complexity index is 922. The van der Waals surface area contributed by atoms with Crippen LogP contribution < -0.4 is 0 Å². The molecule has 7 atom stereocenters. The summed E-state index contributed by atoms with van der Waals surface area (Å²) in [6, 6.07) is 0. The number of aliphatic hydroxyl groups is 2. The molecule has 4 saturated carbocycles. The molecule has 200 valence electrons. The molecule has 0 aromatic carbocycles. The first-order valence-corrected chi connectivity index (χ1v) is 14.3. The fraction of sp³-hybridized carbons (Fsp3) is 0.719. The number of allylic oxidation sites excluding steroid dienone is 4. The van der Waals surface area contributed by atoms with Crippen molar-refractivity contribution < 1.29 is 19.7 Å². The molecular formula is C32H48O4. The van der Waals surface area contributed by atoms with E-state index in [1.807, 2.05) is 0 Å². The van der Waals surface area contributed by atoms with Gasteiger partial charge in [0.05, 0.1) is 18.3 Å². The van der Waals surface area contributed by atoms with Crippen molar-refractivity contribution in [3.8, 4) is 0 Å². The molecule has 0 spiro atoms. The molecule has 4 rings (SSSR count).